The Hall–Kier alpha value is 0.0569. The number of hydrogen-bond donors (Lipinski definition) is 0. The molecule has 0 aliphatic rings. The number of hydrogen-bond acceptors (Lipinski definition) is 4. The molecule has 0 saturated heterocycles. The average Bonchev–Trinajstić information content (AvgIpc) is 2.37. The Kier molecular flexibility index (Phi) is 10.1. The van der Waals surface area contributed by atoms with E-state index in [0.717, 1.165) is 45.3 Å². The van der Waals surface area contributed by atoms with Gasteiger partial charge in [0.05, 0.1) is 6.61 Å². The monoisotopic (exact) mass is 263 g/mol. The van der Waals surface area contributed by atoms with Crippen molar-refractivity contribution in [2.45, 2.75) is 32.9 Å². The zero-order valence-corrected chi connectivity index (χ0v) is 13.1. The van der Waals surface area contributed by atoms with Crippen molar-refractivity contribution in [3.8, 4) is 0 Å². The van der Waals surface area contributed by atoms with Crippen LogP contribution >= 0.6 is 0 Å². The summed E-state index contributed by atoms with van der Waals surface area (Å²) in [5, 5.41) is 0. The predicted molar refractivity (Wildman–Crippen MR) is 73.7 cm³/mol. The van der Waals surface area contributed by atoms with Gasteiger partial charge in [0.1, 0.15) is 0 Å². The largest absolute Gasteiger partial charge is 0.398 e. The first-order valence-electron chi connectivity index (χ1n) is 6.52. The van der Waals surface area contributed by atoms with Crippen molar-refractivity contribution in [2.75, 3.05) is 47.1 Å². The molecule has 0 aromatic heterocycles. The van der Waals surface area contributed by atoms with Crippen LogP contribution in [0.3, 0.4) is 0 Å². The van der Waals surface area contributed by atoms with Crippen molar-refractivity contribution in [1.82, 2.24) is 4.90 Å². The minimum absolute atomic E-state index is 0.802. The summed E-state index contributed by atoms with van der Waals surface area (Å²) >= 11 is 0. The molecule has 4 nitrogen and oxygen atoms in total. The molecule has 0 saturated carbocycles. The highest BCUT2D eigenvalue weighted by molar-refractivity contribution is 6.65. The summed E-state index contributed by atoms with van der Waals surface area (Å²) in [5.41, 5.74) is 0. The lowest BCUT2D eigenvalue weighted by molar-refractivity contribution is 0.105. The van der Waals surface area contributed by atoms with Crippen LogP contribution in [-0.4, -0.2) is 60.5 Å². The summed E-state index contributed by atoms with van der Waals surface area (Å²) in [4.78, 5) is 2.36. The SMILES string of the molecule is CCN(CC)CCOCCC[Si](C)(OC)OC. The van der Waals surface area contributed by atoms with Gasteiger partial charge in [0, 0.05) is 27.4 Å². The van der Waals surface area contributed by atoms with Crippen molar-refractivity contribution in [3.05, 3.63) is 0 Å². The van der Waals surface area contributed by atoms with Crippen LogP contribution in [0, 0.1) is 0 Å². The summed E-state index contributed by atoms with van der Waals surface area (Å²) in [6.45, 7) is 11.3. The zero-order chi connectivity index (χ0) is 13.1. The van der Waals surface area contributed by atoms with Crippen LogP contribution in [0.4, 0.5) is 0 Å². The zero-order valence-electron chi connectivity index (χ0n) is 12.1. The van der Waals surface area contributed by atoms with Gasteiger partial charge in [-0.25, -0.2) is 0 Å². The Morgan fingerprint density at radius 3 is 2.06 bits per heavy atom. The predicted octanol–water partition coefficient (Wildman–Crippen LogP) is 2.10. The van der Waals surface area contributed by atoms with E-state index in [0.29, 0.717) is 0 Å². The van der Waals surface area contributed by atoms with E-state index in [1.54, 1.807) is 14.2 Å². The van der Waals surface area contributed by atoms with Gasteiger partial charge in [-0.1, -0.05) is 13.8 Å². The fraction of sp³-hybridized carbons (Fsp3) is 1.00. The minimum Gasteiger partial charge on any atom is -0.398 e. The van der Waals surface area contributed by atoms with Gasteiger partial charge in [-0.05, 0) is 32.1 Å². The van der Waals surface area contributed by atoms with Gasteiger partial charge < -0.3 is 18.5 Å². The topological polar surface area (TPSA) is 30.9 Å². The first kappa shape index (κ1) is 17.1. The molecule has 0 amide bonds. The van der Waals surface area contributed by atoms with E-state index in [9.17, 15) is 0 Å². The van der Waals surface area contributed by atoms with Crippen LogP contribution in [0.1, 0.15) is 20.3 Å². The standard InChI is InChI=1S/C12H29NO3Si/c1-6-13(7-2)9-11-16-10-8-12-17(5,14-3)15-4/h6-12H2,1-5H3. The maximum atomic E-state index is 5.62. The third-order valence-corrected chi connectivity index (χ3v) is 6.22. The van der Waals surface area contributed by atoms with Crippen molar-refractivity contribution in [3.63, 3.8) is 0 Å². The number of ether oxygens (including phenoxy) is 1. The van der Waals surface area contributed by atoms with Gasteiger partial charge in [-0.15, -0.1) is 0 Å². The van der Waals surface area contributed by atoms with Crippen molar-refractivity contribution >= 4 is 8.56 Å². The Morgan fingerprint density at radius 1 is 1.00 bits per heavy atom. The second kappa shape index (κ2) is 10.0. The van der Waals surface area contributed by atoms with Crippen LogP contribution in [0.2, 0.25) is 12.6 Å². The molecule has 17 heavy (non-hydrogen) atoms. The summed E-state index contributed by atoms with van der Waals surface area (Å²) in [5.74, 6) is 0. The van der Waals surface area contributed by atoms with E-state index in [-0.39, 0.29) is 0 Å². The van der Waals surface area contributed by atoms with Crippen molar-refractivity contribution in [1.29, 1.82) is 0 Å². The van der Waals surface area contributed by atoms with E-state index in [2.05, 4.69) is 25.3 Å². The van der Waals surface area contributed by atoms with E-state index >= 15 is 0 Å². The fourth-order valence-electron chi connectivity index (χ4n) is 1.62. The van der Waals surface area contributed by atoms with E-state index in [4.69, 9.17) is 13.6 Å². The summed E-state index contributed by atoms with van der Waals surface area (Å²) in [6.07, 6.45) is 1.02. The second-order valence-electron chi connectivity index (χ2n) is 4.28. The molecule has 0 radical (unpaired) electrons. The molecule has 0 fully saturated rings. The molecule has 0 aliphatic carbocycles. The summed E-state index contributed by atoms with van der Waals surface area (Å²) < 4.78 is 16.5. The van der Waals surface area contributed by atoms with Crippen molar-refractivity contribution < 1.29 is 13.6 Å². The Bertz CT molecular complexity index is 173. The molecular weight excluding hydrogens is 234 g/mol. The second-order valence-corrected chi connectivity index (χ2v) is 7.87. The van der Waals surface area contributed by atoms with Gasteiger partial charge in [0.2, 0.25) is 0 Å². The molecule has 0 aromatic rings. The lowest BCUT2D eigenvalue weighted by Crippen LogP contribution is -2.36. The van der Waals surface area contributed by atoms with Crippen LogP contribution < -0.4 is 0 Å². The average molecular weight is 263 g/mol. The molecule has 0 N–H and O–H groups in total. The molecule has 0 bridgehead atoms. The molecule has 104 valence electrons. The van der Waals surface area contributed by atoms with Gasteiger partial charge >= 0.3 is 8.56 Å². The Labute approximate surface area is 107 Å². The van der Waals surface area contributed by atoms with Crippen LogP contribution in [0.5, 0.6) is 0 Å². The van der Waals surface area contributed by atoms with Crippen LogP contribution in [0.15, 0.2) is 0 Å². The maximum Gasteiger partial charge on any atom is 0.334 e. The maximum absolute atomic E-state index is 5.62. The Balaban J connectivity index is 3.46. The molecule has 0 aromatic carbocycles. The number of likely N-dealkylation sites (N-methyl/N-ethyl adjacent to an activating group) is 1. The quantitative estimate of drug-likeness (QED) is 0.422. The highest BCUT2D eigenvalue weighted by atomic mass is 28.4. The summed E-state index contributed by atoms with van der Waals surface area (Å²) in [6, 6.07) is 0.991. The first-order valence-corrected chi connectivity index (χ1v) is 9.04. The molecule has 0 atom stereocenters. The van der Waals surface area contributed by atoms with Crippen LogP contribution in [-0.2, 0) is 13.6 Å². The molecule has 0 rings (SSSR count). The molecule has 5 heteroatoms. The summed E-state index contributed by atoms with van der Waals surface area (Å²) in [7, 11) is 1.58. The molecular formula is C12H29NO3Si. The van der Waals surface area contributed by atoms with E-state index < -0.39 is 8.56 Å². The smallest absolute Gasteiger partial charge is 0.334 e. The van der Waals surface area contributed by atoms with Gasteiger partial charge in [-0.2, -0.15) is 0 Å². The van der Waals surface area contributed by atoms with Crippen LogP contribution in [0.25, 0.3) is 0 Å². The molecule has 0 spiro atoms. The van der Waals surface area contributed by atoms with Gasteiger partial charge in [0.25, 0.3) is 0 Å². The number of rotatable bonds is 11. The lowest BCUT2D eigenvalue weighted by atomic mass is 10.5. The minimum atomic E-state index is -1.88. The molecule has 0 heterocycles. The highest BCUT2D eigenvalue weighted by Gasteiger charge is 2.27. The molecule has 0 unspecified atom stereocenters. The van der Waals surface area contributed by atoms with E-state index in [1.165, 1.54) is 0 Å². The third-order valence-electron chi connectivity index (χ3n) is 3.23. The normalized spacial score (nSPS) is 12.4. The Morgan fingerprint density at radius 2 is 1.59 bits per heavy atom. The highest BCUT2D eigenvalue weighted by Crippen LogP contribution is 2.13. The van der Waals surface area contributed by atoms with Gasteiger partial charge in [0.15, 0.2) is 0 Å². The van der Waals surface area contributed by atoms with Crippen molar-refractivity contribution in [2.24, 2.45) is 0 Å². The molecule has 0 aliphatic heterocycles. The first-order chi connectivity index (χ1) is 8.11. The third kappa shape index (κ3) is 7.89. The lowest BCUT2D eigenvalue weighted by Gasteiger charge is -2.22. The number of nitrogens with zero attached hydrogens (tertiary/aromatic N) is 1. The van der Waals surface area contributed by atoms with E-state index in [1.807, 2.05) is 0 Å². The fourth-order valence-corrected chi connectivity index (χ4v) is 2.98. The van der Waals surface area contributed by atoms with Gasteiger partial charge in [-0.3, -0.25) is 0 Å².